The van der Waals surface area contributed by atoms with Gasteiger partial charge in [-0.15, -0.1) is 0 Å². The van der Waals surface area contributed by atoms with Gasteiger partial charge in [0, 0.05) is 61.1 Å². The highest BCUT2D eigenvalue weighted by Crippen LogP contribution is 2.30. The van der Waals surface area contributed by atoms with Crippen LogP contribution >= 0.6 is 0 Å². The van der Waals surface area contributed by atoms with Gasteiger partial charge in [0.05, 0.1) is 11.1 Å². The van der Waals surface area contributed by atoms with Gasteiger partial charge in [-0.05, 0) is 30.8 Å². The van der Waals surface area contributed by atoms with Crippen molar-refractivity contribution in [2.45, 2.75) is 0 Å². The van der Waals surface area contributed by atoms with Crippen LogP contribution in [0, 0.1) is 0 Å². The van der Waals surface area contributed by atoms with Crippen molar-refractivity contribution < 1.29 is 4.79 Å². The molecule has 0 saturated carbocycles. The standard InChI is InChI=1S/C21H20N6O/c1-26-4-6-27(7-5-26)21(28)16-9-17-18(12-24-20(17)23-11-16)14-2-3-19-15(8-14)10-22-13-25-19/h2-3,8-13H,4-7H2,1H3,(H,23,24). The average Bonchev–Trinajstić information content (AvgIpc) is 3.16. The molecule has 0 aliphatic carbocycles. The topological polar surface area (TPSA) is 78.0 Å². The Bertz CT molecular complexity index is 1180. The summed E-state index contributed by atoms with van der Waals surface area (Å²) in [6.07, 6.45) is 6.96. The van der Waals surface area contributed by atoms with Crippen LogP contribution in [-0.2, 0) is 0 Å². The number of nitrogens with zero attached hydrogens (tertiary/aromatic N) is 5. The Hall–Kier alpha value is -3.32. The summed E-state index contributed by atoms with van der Waals surface area (Å²) in [6.45, 7) is 3.29. The molecule has 7 nitrogen and oxygen atoms in total. The summed E-state index contributed by atoms with van der Waals surface area (Å²) in [5.74, 6) is 0.0431. The molecule has 0 radical (unpaired) electrons. The van der Waals surface area contributed by atoms with Gasteiger partial charge in [-0.25, -0.2) is 15.0 Å². The Balaban J connectivity index is 1.53. The van der Waals surface area contributed by atoms with Gasteiger partial charge in [0.1, 0.15) is 12.0 Å². The summed E-state index contributed by atoms with van der Waals surface area (Å²) in [7, 11) is 2.08. The van der Waals surface area contributed by atoms with Gasteiger partial charge in [0.15, 0.2) is 0 Å². The fourth-order valence-corrected chi connectivity index (χ4v) is 3.70. The first-order valence-electron chi connectivity index (χ1n) is 9.34. The third kappa shape index (κ3) is 2.90. The number of H-pyrrole nitrogens is 1. The molecule has 1 fully saturated rings. The van der Waals surface area contributed by atoms with E-state index in [2.05, 4.69) is 37.9 Å². The highest BCUT2D eigenvalue weighted by atomic mass is 16.2. The fraction of sp³-hybridized carbons (Fsp3) is 0.238. The first kappa shape index (κ1) is 16.8. The van der Waals surface area contributed by atoms with Crippen molar-refractivity contribution in [3.63, 3.8) is 0 Å². The van der Waals surface area contributed by atoms with Crippen LogP contribution in [-0.4, -0.2) is 68.9 Å². The SMILES string of the molecule is CN1CCN(C(=O)c2cnc3[nH]cc(-c4ccc5ncncc5c4)c3c2)CC1. The van der Waals surface area contributed by atoms with Crippen LogP contribution in [0.2, 0.25) is 0 Å². The van der Waals surface area contributed by atoms with Crippen molar-refractivity contribution in [3.05, 3.63) is 54.7 Å². The summed E-state index contributed by atoms with van der Waals surface area (Å²) in [5.41, 5.74) is 4.36. The summed E-state index contributed by atoms with van der Waals surface area (Å²) in [5, 5.41) is 1.92. The summed E-state index contributed by atoms with van der Waals surface area (Å²) < 4.78 is 0. The third-order valence-corrected chi connectivity index (χ3v) is 5.38. The number of nitrogens with one attached hydrogen (secondary N) is 1. The number of benzene rings is 1. The van der Waals surface area contributed by atoms with Crippen LogP contribution in [0.3, 0.4) is 0 Å². The molecule has 0 atom stereocenters. The summed E-state index contributed by atoms with van der Waals surface area (Å²) in [4.78, 5) is 33.2. The summed E-state index contributed by atoms with van der Waals surface area (Å²) >= 11 is 0. The minimum absolute atomic E-state index is 0.0431. The number of piperazine rings is 1. The molecule has 28 heavy (non-hydrogen) atoms. The molecule has 1 saturated heterocycles. The quantitative estimate of drug-likeness (QED) is 0.585. The van der Waals surface area contributed by atoms with Gasteiger partial charge in [-0.3, -0.25) is 4.79 Å². The normalized spacial score (nSPS) is 15.4. The molecule has 1 aromatic carbocycles. The van der Waals surface area contributed by atoms with E-state index < -0.39 is 0 Å². The van der Waals surface area contributed by atoms with Gasteiger partial charge in [0.25, 0.3) is 5.91 Å². The lowest BCUT2D eigenvalue weighted by molar-refractivity contribution is 0.0664. The van der Waals surface area contributed by atoms with Crippen molar-refractivity contribution in [2.75, 3.05) is 33.2 Å². The monoisotopic (exact) mass is 372 g/mol. The van der Waals surface area contributed by atoms with Crippen molar-refractivity contribution in [3.8, 4) is 11.1 Å². The number of amides is 1. The Labute approximate surface area is 162 Å². The van der Waals surface area contributed by atoms with Crippen LogP contribution in [0.1, 0.15) is 10.4 Å². The van der Waals surface area contributed by atoms with E-state index in [1.807, 2.05) is 29.3 Å². The maximum Gasteiger partial charge on any atom is 0.255 e. The van der Waals surface area contributed by atoms with E-state index in [0.717, 1.165) is 59.2 Å². The lowest BCUT2D eigenvalue weighted by Crippen LogP contribution is -2.47. The van der Waals surface area contributed by atoms with Gasteiger partial charge in [-0.1, -0.05) is 6.07 Å². The zero-order chi connectivity index (χ0) is 19.1. The number of likely N-dealkylation sites (N-methyl/N-ethyl adjacent to an activating group) is 1. The molecule has 4 heterocycles. The fourth-order valence-electron chi connectivity index (χ4n) is 3.70. The van der Waals surface area contributed by atoms with Crippen molar-refractivity contribution in [2.24, 2.45) is 0 Å². The molecule has 1 aliphatic rings. The molecule has 1 aliphatic heterocycles. The molecule has 0 bridgehead atoms. The molecule has 3 aromatic heterocycles. The number of fused-ring (bicyclic) bond motifs is 2. The van der Waals surface area contributed by atoms with Crippen LogP contribution in [0.15, 0.2) is 49.2 Å². The average molecular weight is 372 g/mol. The molecule has 1 amide bonds. The Morgan fingerprint density at radius 3 is 2.79 bits per heavy atom. The zero-order valence-corrected chi connectivity index (χ0v) is 15.6. The molecule has 0 unspecified atom stereocenters. The number of aromatic nitrogens is 4. The number of hydrogen-bond donors (Lipinski definition) is 1. The lowest BCUT2D eigenvalue weighted by Gasteiger charge is -2.32. The van der Waals surface area contributed by atoms with Crippen molar-refractivity contribution >= 4 is 27.8 Å². The number of aromatic amines is 1. The largest absolute Gasteiger partial charge is 0.346 e. The minimum atomic E-state index is 0.0431. The molecular weight excluding hydrogens is 352 g/mol. The van der Waals surface area contributed by atoms with E-state index in [4.69, 9.17) is 0 Å². The molecule has 5 rings (SSSR count). The van der Waals surface area contributed by atoms with Crippen molar-refractivity contribution in [1.29, 1.82) is 0 Å². The van der Waals surface area contributed by atoms with Crippen LogP contribution in [0.25, 0.3) is 33.1 Å². The first-order valence-corrected chi connectivity index (χ1v) is 9.34. The highest BCUT2D eigenvalue weighted by Gasteiger charge is 2.21. The second kappa shape index (κ2) is 6.69. The predicted octanol–water partition coefficient (Wildman–Crippen LogP) is 2.56. The number of hydrogen-bond acceptors (Lipinski definition) is 5. The number of pyridine rings is 1. The van der Waals surface area contributed by atoms with E-state index in [1.165, 1.54) is 0 Å². The van der Waals surface area contributed by atoms with E-state index in [1.54, 1.807) is 18.7 Å². The minimum Gasteiger partial charge on any atom is -0.346 e. The van der Waals surface area contributed by atoms with E-state index >= 15 is 0 Å². The summed E-state index contributed by atoms with van der Waals surface area (Å²) in [6, 6.07) is 8.03. The van der Waals surface area contributed by atoms with Gasteiger partial charge in [0.2, 0.25) is 0 Å². The van der Waals surface area contributed by atoms with Gasteiger partial charge in [-0.2, -0.15) is 0 Å². The second-order valence-electron chi connectivity index (χ2n) is 7.21. The van der Waals surface area contributed by atoms with Crippen LogP contribution in [0.4, 0.5) is 0 Å². The molecular formula is C21H20N6O. The molecule has 0 spiro atoms. The predicted molar refractivity (Wildman–Crippen MR) is 108 cm³/mol. The van der Waals surface area contributed by atoms with E-state index in [-0.39, 0.29) is 5.91 Å². The smallest absolute Gasteiger partial charge is 0.255 e. The second-order valence-corrected chi connectivity index (χ2v) is 7.21. The molecule has 1 N–H and O–H groups in total. The van der Waals surface area contributed by atoms with Gasteiger partial charge < -0.3 is 14.8 Å². The Morgan fingerprint density at radius 1 is 1.07 bits per heavy atom. The third-order valence-electron chi connectivity index (χ3n) is 5.38. The Kier molecular flexibility index (Phi) is 4.02. The molecule has 7 heteroatoms. The van der Waals surface area contributed by atoms with Crippen molar-refractivity contribution in [1.82, 2.24) is 29.7 Å². The van der Waals surface area contributed by atoms with E-state index in [9.17, 15) is 4.79 Å². The van der Waals surface area contributed by atoms with Crippen LogP contribution in [0.5, 0.6) is 0 Å². The van der Waals surface area contributed by atoms with E-state index in [0.29, 0.717) is 5.56 Å². The molecule has 140 valence electrons. The number of rotatable bonds is 2. The maximum absolute atomic E-state index is 12.9. The molecule has 4 aromatic rings. The lowest BCUT2D eigenvalue weighted by atomic mass is 10.0. The number of carbonyl (C=O) groups is 1. The maximum atomic E-state index is 12.9. The van der Waals surface area contributed by atoms with Gasteiger partial charge >= 0.3 is 0 Å². The Morgan fingerprint density at radius 2 is 1.93 bits per heavy atom. The zero-order valence-electron chi connectivity index (χ0n) is 15.6. The highest BCUT2D eigenvalue weighted by molar-refractivity contribution is 6.01. The first-order chi connectivity index (χ1) is 13.7. The van der Waals surface area contributed by atoms with Crippen LogP contribution < -0.4 is 0 Å². The number of carbonyl (C=O) groups excluding carboxylic acids is 1.